The molecule has 7 nitrogen and oxygen atoms in total. The second-order valence-electron chi connectivity index (χ2n) is 2.18. The van der Waals surface area contributed by atoms with Crippen LogP contribution in [0.5, 0.6) is 0 Å². The van der Waals surface area contributed by atoms with Crippen molar-refractivity contribution in [2.75, 3.05) is 13.2 Å². The lowest BCUT2D eigenvalue weighted by atomic mass is 9.94. The van der Waals surface area contributed by atoms with Crippen molar-refractivity contribution >= 4 is 17.5 Å². The first-order chi connectivity index (χ1) is 5.91. The molecule has 0 aromatic rings. The molecule has 0 atom stereocenters. The predicted octanol–water partition coefficient (Wildman–Crippen LogP) is -3.08. The molecule has 74 valence electrons. The van der Waals surface area contributed by atoms with E-state index in [4.69, 9.17) is 20.4 Å². The summed E-state index contributed by atoms with van der Waals surface area (Å²) in [6.07, 6.45) is 0. The first-order valence-electron chi connectivity index (χ1n) is 3.15. The molecule has 0 spiro atoms. The highest BCUT2D eigenvalue weighted by atomic mass is 16.4. The number of aliphatic hydroxyl groups is 3. The van der Waals surface area contributed by atoms with E-state index in [1.54, 1.807) is 0 Å². The summed E-state index contributed by atoms with van der Waals surface area (Å²) in [6, 6.07) is 0. The van der Waals surface area contributed by atoms with Crippen molar-refractivity contribution in [3.8, 4) is 0 Å². The first-order valence-corrected chi connectivity index (χ1v) is 3.15. The number of carbonyl (C=O) groups is 3. The van der Waals surface area contributed by atoms with Crippen molar-refractivity contribution < 1.29 is 34.8 Å². The van der Waals surface area contributed by atoms with E-state index in [1.807, 2.05) is 0 Å². The largest absolute Gasteiger partial charge is 0.478 e. The maximum atomic E-state index is 10.7. The van der Waals surface area contributed by atoms with E-state index in [0.717, 1.165) is 0 Å². The van der Waals surface area contributed by atoms with Crippen LogP contribution >= 0.6 is 0 Å². The topological polar surface area (TPSA) is 132 Å². The van der Waals surface area contributed by atoms with Gasteiger partial charge in [-0.3, -0.25) is 9.59 Å². The van der Waals surface area contributed by atoms with Crippen LogP contribution in [-0.4, -0.2) is 56.8 Å². The minimum Gasteiger partial charge on any atom is -0.478 e. The fourth-order valence-corrected chi connectivity index (χ4v) is 0.623. The average molecular weight is 192 g/mol. The van der Waals surface area contributed by atoms with Gasteiger partial charge in [-0.25, -0.2) is 4.79 Å². The maximum Gasteiger partial charge on any atom is 0.351 e. The van der Waals surface area contributed by atoms with Crippen LogP contribution < -0.4 is 0 Å². The molecule has 0 heterocycles. The van der Waals surface area contributed by atoms with Gasteiger partial charge in [-0.15, -0.1) is 0 Å². The Morgan fingerprint density at radius 3 is 1.46 bits per heavy atom. The fourth-order valence-electron chi connectivity index (χ4n) is 0.623. The Balaban J connectivity index is 5.06. The van der Waals surface area contributed by atoms with Crippen LogP contribution in [0, 0.1) is 0 Å². The molecule has 0 saturated carbocycles. The second-order valence-corrected chi connectivity index (χ2v) is 2.18. The van der Waals surface area contributed by atoms with Crippen LogP contribution in [0.4, 0.5) is 0 Å². The van der Waals surface area contributed by atoms with Crippen LogP contribution in [0.3, 0.4) is 0 Å². The molecule has 0 radical (unpaired) electrons. The molecule has 0 bridgehead atoms. The summed E-state index contributed by atoms with van der Waals surface area (Å²) >= 11 is 0. The molecule has 0 rings (SSSR count). The molecule has 0 saturated heterocycles. The van der Waals surface area contributed by atoms with Gasteiger partial charge in [0.25, 0.3) is 5.60 Å². The highest BCUT2D eigenvalue weighted by Crippen LogP contribution is 2.08. The van der Waals surface area contributed by atoms with Crippen LogP contribution in [-0.2, 0) is 14.4 Å². The van der Waals surface area contributed by atoms with E-state index in [0.29, 0.717) is 0 Å². The summed E-state index contributed by atoms with van der Waals surface area (Å²) in [5.41, 5.74) is -3.34. The lowest BCUT2D eigenvalue weighted by molar-refractivity contribution is -0.172. The Hall–Kier alpha value is -1.31. The molecule has 0 aliphatic carbocycles. The minimum atomic E-state index is -3.34. The van der Waals surface area contributed by atoms with Gasteiger partial charge >= 0.3 is 5.97 Å². The third-order valence-electron chi connectivity index (χ3n) is 1.40. The smallest absolute Gasteiger partial charge is 0.351 e. The molecule has 13 heavy (non-hydrogen) atoms. The van der Waals surface area contributed by atoms with E-state index in [9.17, 15) is 14.4 Å². The van der Waals surface area contributed by atoms with Gasteiger partial charge in [0.05, 0.1) is 0 Å². The molecule has 0 fully saturated rings. The Bertz CT molecular complexity index is 227. The van der Waals surface area contributed by atoms with E-state index >= 15 is 0 Å². The van der Waals surface area contributed by atoms with Crippen LogP contribution in [0.1, 0.15) is 0 Å². The molecular weight excluding hydrogens is 184 g/mol. The number of hydrogen-bond donors (Lipinski definition) is 4. The number of carboxylic acid groups (broad SMARTS) is 1. The second kappa shape index (κ2) is 4.08. The number of Topliss-reactive ketones (excluding diaryl/α,β-unsaturated/α-hetero) is 2. The molecule has 0 aromatic carbocycles. The fraction of sp³-hybridized carbons (Fsp3) is 0.500. The number of aliphatic carboxylic acids is 1. The normalized spacial score (nSPS) is 11.0. The van der Waals surface area contributed by atoms with Gasteiger partial charge in [-0.2, -0.15) is 0 Å². The standard InChI is InChI=1S/C6H8O7/c7-1-3(9)6(13,5(11)12)4(10)2-8/h7-8,13H,1-2H2,(H,11,12). The predicted molar refractivity (Wildman–Crippen MR) is 36.8 cm³/mol. The summed E-state index contributed by atoms with van der Waals surface area (Å²) in [5, 5.41) is 33.8. The molecule has 0 aliphatic rings. The van der Waals surface area contributed by atoms with Crippen molar-refractivity contribution in [3.05, 3.63) is 0 Å². The minimum absolute atomic E-state index is 1.30. The Labute approximate surface area is 72.2 Å². The maximum absolute atomic E-state index is 10.7. The zero-order valence-electron chi connectivity index (χ0n) is 6.43. The summed E-state index contributed by atoms with van der Waals surface area (Å²) in [7, 11) is 0. The zero-order valence-corrected chi connectivity index (χ0v) is 6.43. The number of ketones is 2. The lowest BCUT2D eigenvalue weighted by Crippen LogP contribution is -2.55. The molecular formula is C6H8O7. The lowest BCUT2D eigenvalue weighted by Gasteiger charge is -2.17. The van der Waals surface area contributed by atoms with E-state index in [2.05, 4.69) is 0 Å². The summed E-state index contributed by atoms with van der Waals surface area (Å²) < 4.78 is 0. The van der Waals surface area contributed by atoms with Crippen LogP contribution in [0.25, 0.3) is 0 Å². The van der Waals surface area contributed by atoms with Crippen LogP contribution in [0.2, 0.25) is 0 Å². The monoisotopic (exact) mass is 192 g/mol. The van der Waals surface area contributed by atoms with Gasteiger partial charge in [0.15, 0.2) is 0 Å². The number of rotatable bonds is 5. The summed E-state index contributed by atoms with van der Waals surface area (Å²) in [5.74, 6) is -5.29. The van der Waals surface area contributed by atoms with Crippen LogP contribution in [0.15, 0.2) is 0 Å². The van der Waals surface area contributed by atoms with Crippen molar-refractivity contribution in [2.45, 2.75) is 5.60 Å². The van der Waals surface area contributed by atoms with E-state index in [-0.39, 0.29) is 0 Å². The highest BCUT2D eigenvalue weighted by molar-refractivity contribution is 6.26. The van der Waals surface area contributed by atoms with E-state index in [1.165, 1.54) is 0 Å². The van der Waals surface area contributed by atoms with Gasteiger partial charge in [0.1, 0.15) is 13.2 Å². The molecule has 4 N–H and O–H groups in total. The molecule has 0 unspecified atom stereocenters. The van der Waals surface area contributed by atoms with Crippen molar-refractivity contribution in [1.29, 1.82) is 0 Å². The van der Waals surface area contributed by atoms with Gasteiger partial charge in [-0.05, 0) is 0 Å². The Kier molecular flexibility index (Phi) is 3.67. The molecule has 0 amide bonds. The number of hydrogen-bond acceptors (Lipinski definition) is 6. The van der Waals surface area contributed by atoms with Crippen molar-refractivity contribution in [1.82, 2.24) is 0 Å². The SMILES string of the molecule is O=C(O)C(O)(C(=O)CO)C(=O)CO. The Morgan fingerprint density at radius 2 is 1.31 bits per heavy atom. The number of aliphatic hydroxyl groups excluding tert-OH is 2. The van der Waals surface area contributed by atoms with Gasteiger partial charge in [0.2, 0.25) is 11.6 Å². The average Bonchev–Trinajstić information content (AvgIpc) is 2.13. The van der Waals surface area contributed by atoms with Gasteiger partial charge < -0.3 is 20.4 Å². The Morgan fingerprint density at radius 1 is 1.00 bits per heavy atom. The van der Waals surface area contributed by atoms with Crippen molar-refractivity contribution in [3.63, 3.8) is 0 Å². The number of carbonyl (C=O) groups excluding carboxylic acids is 2. The molecule has 7 heteroatoms. The van der Waals surface area contributed by atoms with Crippen molar-refractivity contribution in [2.24, 2.45) is 0 Å². The van der Waals surface area contributed by atoms with Gasteiger partial charge in [-0.1, -0.05) is 0 Å². The molecule has 0 aromatic heterocycles. The quantitative estimate of drug-likeness (QED) is 0.339. The third kappa shape index (κ3) is 1.89. The van der Waals surface area contributed by atoms with E-state index < -0.39 is 36.4 Å². The third-order valence-corrected chi connectivity index (χ3v) is 1.40. The highest BCUT2D eigenvalue weighted by Gasteiger charge is 2.50. The summed E-state index contributed by atoms with van der Waals surface area (Å²) in [6.45, 7) is -2.59. The van der Waals surface area contributed by atoms with Gasteiger partial charge in [0, 0.05) is 0 Å². The zero-order chi connectivity index (χ0) is 10.6. The molecule has 0 aliphatic heterocycles. The summed E-state index contributed by atoms with van der Waals surface area (Å²) in [4.78, 5) is 31.6. The number of carboxylic acids is 1. The first kappa shape index (κ1) is 11.7.